The van der Waals surface area contributed by atoms with Gasteiger partial charge in [0, 0.05) is 17.3 Å². The van der Waals surface area contributed by atoms with Gasteiger partial charge in [-0.2, -0.15) is 0 Å². The molecule has 1 aromatic heterocycles. The van der Waals surface area contributed by atoms with E-state index in [4.69, 9.17) is 17.0 Å². The first kappa shape index (κ1) is 9.16. The van der Waals surface area contributed by atoms with Crippen LogP contribution in [0.2, 0.25) is 5.02 Å². The lowest BCUT2D eigenvalue weighted by Crippen LogP contribution is -1.91. The summed E-state index contributed by atoms with van der Waals surface area (Å²) >= 11 is 5.82. The van der Waals surface area contributed by atoms with E-state index in [1.165, 1.54) is 0 Å². The van der Waals surface area contributed by atoms with Crippen molar-refractivity contribution in [2.75, 3.05) is 0 Å². The molecule has 0 aliphatic heterocycles. The second-order valence-corrected chi connectivity index (χ2v) is 3.62. The monoisotopic (exact) mass is 204 g/mol. The zero-order chi connectivity index (χ0) is 10.1. The molecule has 0 saturated carbocycles. The van der Waals surface area contributed by atoms with Crippen molar-refractivity contribution in [3.05, 3.63) is 41.0 Å². The highest BCUT2D eigenvalue weighted by molar-refractivity contribution is 6.31. The SMILES string of the molecule is CC(=N)c1ccc2cc(Cl)cnc2c1. The Morgan fingerprint density at radius 2 is 2.14 bits per heavy atom. The number of hydrogen-bond acceptors (Lipinski definition) is 2. The summed E-state index contributed by atoms with van der Waals surface area (Å²) < 4.78 is 0. The average Bonchev–Trinajstić information content (AvgIpc) is 2.16. The molecule has 0 saturated heterocycles. The maximum Gasteiger partial charge on any atom is 0.0709 e. The van der Waals surface area contributed by atoms with Gasteiger partial charge in [0.25, 0.3) is 0 Å². The molecule has 0 atom stereocenters. The zero-order valence-electron chi connectivity index (χ0n) is 7.71. The molecule has 3 heteroatoms. The highest BCUT2D eigenvalue weighted by Gasteiger charge is 1.99. The number of fused-ring (bicyclic) bond motifs is 1. The number of halogens is 1. The Morgan fingerprint density at radius 1 is 1.36 bits per heavy atom. The van der Waals surface area contributed by atoms with Crippen molar-refractivity contribution in [3.8, 4) is 0 Å². The van der Waals surface area contributed by atoms with E-state index < -0.39 is 0 Å². The standard InChI is InChI=1S/C11H9ClN2/c1-7(13)8-2-3-9-4-10(12)6-14-11(9)5-8/h2-6,13H,1H3. The largest absolute Gasteiger partial charge is 0.305 e. The fraction of sp³-hybridized carbons (Fsp3) is 0.0909. The summed E-state index contributed by atoms with van der Waals surface area (Å²) in [5, 5.41) is 9.14. The van der Waals surface area contributed by atoms with Gasteiger partial charge in [-0.1, -0.05) is 23.7 Å². The molecule has 70 valence electrons. The van der Waals surface area contributed by atoms with Gasteiger partial charge in [0.1, 0.15) is 0 Å². The van der Waals surface area contributed by atoms with Crippen LogP contribution < -0.4 is 0 Å². The summed E-state index contributed by atoms with van der Waals surface area (Å²) in [6.45, 7) is 1.76. The van der Waals surface area contributed by atoms with Gasteiger partial charge in [-0.05, 0) is 24.6 Å². The fourth-order valence-corrected chi connectivity index (χ4v) is 1.49. The molecule has 2 rings (SSSR count). The number of pyridine rings is 1. The van der Waals surface area contributed by atoms with Gasteiger partial charge in [0.2, 0.25) is 0 Å². The number of nitrogens with zero attached hydrogens (tertiary/aromatic N) is 1. The summed E-state index contributed by atoms with van der Waals surface area (Å²) in [5.74, 6) is 0. The Hall–Kier alpha value is -1.41. The maximum atomic E-state index is 7.50. The Morgan fingerprint density at radius 3 is 2.86 bits per heavy atom. The number of benzene rings is 1. The Bertz CT molecular complexity index is 506. The van der Waals surface area contributed by atoms with Gasteiger partial charge in [-0.15, -0.1) is 0 Å². The van der Waals surface area contributed by atoms with Crippen LogP contribution in [0.5, 0.6) is 0 Å². The van der Waals surface area contributed by atoms with Crippen molar-refractivity contribution < 1.29 is 0 Å². The molecular formula is C11H9ClN2. The van der Waals surface area contributed by atoms with E-state index in [0.29, 0.717) is 10.7 Å². The molecule has 1 N–H and O–H groups in total. The lowest BCUT2D eigenvalue weighted by atomic mass is 10.1. The third-order valence-electron chi connectivity index (χ3n) is 2.08. The Labute approximate surface area is 87.1 Å². The second-order valence-electron chi connectivity index (χ2n) is 3.19. The Balaban J connectivity index is 2.67. The van der Waals surface area contributed by atoms with Crippen LogP contribution in [0.4, 0.5) is 0 Å². The van der Waals surface area contributed by atoms with E-state index in [1.54, 1.807) is 13.1 Å². The minimum absolute atomic E-state index is 0.545. The van der Waals surface area contributed by atoms with Gasteiger partial charge in [0.15, 0.2) is 0 Å². The van der Waals surface area contributed by atoms with Gasteiger partial charge in [0.05, 0.1) is 10.5 Å². The van der Waals surface area contributed by atoms with E-state index in [-0.39, 0.29) is 0 Å². The zero-order valence-corrected chi connectivity index (χ0v) is 8.47. The average molecular weight is 205 g/mol. The molecule has 14 heavy (non-hydrogen) atoms. The van der Waals surface area contributed by atoms with E-state index in [0.717, 1.165) is 16.5 Å². The third-order valence-corrected chi connectivity index (χ3v) is 2.29. The fourth-order valence-electron chi connectivity index (χ4n) is 1.33. The molecule has 2 aromatic rings. The molecule has 0 aliphatic rings. The van der Waals surface area contributed by atoms with Crippen LogP contribution in [-0.4, -0.2) is 10.7 Å². The molecule has 2 nitrogen and oxygen atoms in total. The predicted octanol–water partition coefficient (Wildman–Crippen LogP) is 3.28. The molecule has 0 aliphatic carbocycles. The van der Waals surface area contributed by atoms with E-state index in [9.17, 15) is 0 Å². The van der Waals surface area contributed by atoms with Crippen LogP contribution in [0.1, 0.15) is 12.5 Å². The van der Waals surface area contributed by atoms with Crippen LogP contribution in [0.15, 0.2) is 30.5 Å². The van der Waals surface area contributed by atoms with Crippen LogP contribution in [-0.2, 0) is 0 Å². The van der Waals surface area contributed by atoms with Gasteiger partial charge < -0.3 is 5.41 Å². The summed E-state index contributed by atoms with van der Waals surface area (Å²) in [6, 6.07) is 7.60. The number of aromatic nitrogens is 1. The van der Waals surface area contributed by atoms with E-state index >= 15 is 0 Å². The minimum Gasteiger partial charge on any atom is -0.305 e. The van der Waals surface area contributed by atoms with Crippen LogP contribution in [0.25, 0.3) is 10.9 Å². The normalized spacial score (nSPS) is 10.4. The molecule has 0 radical (unpaired) electrons. The van der Waals surface area contributed by atoms with Gasteiger partial charge >= 0.3 is 0 Å². The number of hydrogen-bond donors (Lipinski definition) is 1. The van der Waals surface area contributed by atoms with Crippen molar-refractivity contribution in [2.24, 2.45) is 0 Å². The van der Waals surface area contributed by atoms with Crippen molar-refractivity contribution in [1.82, 2.24) is 4.98 Å². The molecule has 1 aromatic carbocycles. The molecular weight excluding hydrogens is 196 g/mol. The van der Waals surface area contributed by atoms with Crippen LogP contribution in [0, 0.1) is 5.41 Å². The molecule has 0 unspecified atom stereocenters. The second kappa shape index (κ2) is 3.39. The lowest BCUT2D eigenvalue weighted by molar-refractivity contribution is 1.40. The highest BCUT2D eigenvalue weighted by Crippen LogP contribution is 2.18. The van der Waals surface area contributed by atoms with Crippen molar-refractivity contribution in [2.45, 2.75) is 6.92 Å². The van der Waals surface area contributed by atoms with Crippen LogP contribution in [0.3, 0.4) is 0 Å². The molecule has 0 spiro atoms. The molecule has 0 amide bonds. The van der Waals surface area contributed by atoms with Gasteiger partial charge in [-0.25, -0.2) is 0 Å². The molecule has 1 heterocycles. The smallest absolute Gasteiger partial charge is 0.0709 e. The van der Waals surface area contributed by atoms with Gasteiger partial charge in [-0.3, -0.25) is 4.98 Å². The maximum absolute atomic E-state index is 7.50. The third kappa shape index (κ3) is 1.61. The number of nitrogens with one attached hydrogen (secondary N) is 1. The molecule has 0 fully saturated rings. The summed E-state index contributed by atoms with van der Waals surface area (Å²) in [5.41, 5.74) is 2.31. The highest BCUT2D eigenvalue weighted by atomic mass is 35.5. The first-order chi connectivity index (χ1) is 6.66. The summed E-state index contributed by atoms with van der Waals surface area (Å²) in [4.78, 5) is 4.20. The Kier molecular flexibility index (Phi) is 2.22. The summed E-state index contributed by atoms with van der Waals surface area (Å²) in [7, 11) is 0. The van der Waals surface area contributed by atoms with Crippen molar-refractivity contribution in [1.29, 1.82) is 5.41 Å². The first-order valence-electron chi connectivity index (χ1n) is 4.27. The predicted molar refractivity (Wildman–Crippen MR) is 59.3 cm³/mol. The van der Waals surface area contributed by atoms with Crippen LogP contribution >= 0.6 is 11.6 Å². The summed E-state index contributed by atoms with van der Waals surface area (Å²) in [6.07, 6.45) is 1.62. The molecule has 0 bridgehead atoms. The quantitative estimate of drug-likeness (QED) is 0.712. The van der Waals surface area contributed by atoms with Crippen molar-refractivity contribution >= 4 is 28.2 Å². The minimum atomic E-state index is 0.545. The number of rotatable bonds is 1. The first-order valence-corrected chi connectivity index (χ1v) is 4.65. The van der Waals surface area contributed by atoms with Crippen molar-refractivity contribution in [3.63, 3.8) is 0 Å². The topological polar surface area (TPSA) is 36.7 Å². The van der Waals surface area contributed by atoms with E-state index in [1.807, 2.05) is 24.3 Å². The van der Waals surface area contributed by atoms with E-state index in [2.05, 4.69) is 4.98 Å². The lowest BCUT2D eigenvalue weighted by Gasteiger charge is -2.01.